The maximum atomic E-state index is 13.1. The Hall–Kier alpha value is -2.04. The number of hydrogen-bond donors (Lipinski definition) is 1. The number of anilines is 1. The molecule has 0 atom stereocenters. The first-order valence-corrected chi connectivity index (χ1v) is 12.0. The van der Waals surface area contributed by atoms with E-state index in [0.29, 0.717) is 12.6 Å². The second-order valence-corrected chi connectivity index (χ2v) is 10.4. The van der Waals surface area contributed by atoms with E-state index in [-0.39, 0.29) is 11.6 Å². The minimum absolute atomic E-state index is 0.213. The number of sulfone groups is 1. The molecular weight excluding hydrogens is 401 g/mol. The first-order valence-electron chi connectivity index (χ1n) is 9.14. The summed E-state index contributed by atoms with van der Waals surface area (Å²) in [6.07, 6.45) is 5.03. The van der Waals surface area contributed by atoms with E-state index in [1.165, 1.54) is 29.7 Å². The molecule has 28 heavy (non-hydrogen) atoms. The van der Waals surface area contributed by atoms with Gasteiger partial charge in [-0.1, -0.05) is 11.3 Å². The fourth-order valence-electron chi connectivity index (χ4n) is 3.29. The van der Waals surface area contributed by atoms with E-state index >= 15 is 0 Å². The van der Waals surface area contributed by atoms with Crippen LogP contribution in [0.5, 0.6) is 0 Å². The summed E-state index contributed by atoms with van der Waals surface area (Å²) in [4.78, 5) is 7.56. The molecule has 0 unspecified atom stereocenters. The molecule has 1 fully saturated rings. The summed E-state index contributed by atoms with van der Waals surface area (Å²) in [6.45, 7) is 2.36. The van der Waals surface area contributed by atoms with Crippen molar-refractivity contribution in [1.82, 2.24) is 19.5 Å². The summed E-state index contributed by atoms with van der Waals surface area (Å²) >= 11 is 1.49. The number of fused-ring (bicyclic) bond motifs is 1. The average Bonchev–Trinajstić information content (AvgIpc) is 3.20. The van der Waals surface area contributed by atoms with E-state index in [1.54, 1.807) is 16.6 Å². The van der Waals surface area contributed by atoms with Crippen LogP contribution < -0.4 is 5.32 Å². The predicted octanol–water partition coefficient (Wildman–Crippen LogP) is 2.52. The summed E-state index contributed by atoms with van der Waals surface area (Å²) in [7, 11) is -2.91. The summed E-state index contributed by atoms with van der Waals surface area (Å²) < 4.78 is 37.4. The van der Waals surface area contributed by atoms with E-state index < -0.39 is 9.84 Å². The maximum Gasteiger partial charge on any atom is 0.214 e. The summed E-state index contributed by atoms with van der Waals surface area (Å²) in [5, 5.41) is 8.84. The number of imidazole rings is 1. The topological polar surface area (TPSA) is 79.6 Å². The van der Waals surface area contributed by atoms with Crippen LogP contribution >= 0.6 is 11.3 Å². The fraction of sp³-hybridized carbons (Fsp3) is 0.444. The van der Waals surface area contributed by atoms with Crippen molar-refractivity contribution in [2.45, 2.75) is 18.9 Å². The van der Waals surface area contributed by atoms with Crippen LogP contribution in [0.1, 0.15) is 12.8 Å². The molecule has 7 nitrogen and oxygen atoms in total. The molecule has 1 N–H and O–H groups in total. The molecule has 10 heteroatoms. The monoisotopic (exact) mass is 423 g/mol. The molecular formula is C18H22FN5O2S2. The highest BCUT2D eigenvalue weighted by Gasteiger charge is 2.21. The Labute approximate surface area is 167 Å². The number of hydrogen-bond acceptors (Lipinski definition) is 7. The zero-order valence-corrected chi connectivity index (χ0v) is 17.1. The normalized spacial score (nSPS) is 16.6. The average molecular weight is 424 g/mol. The lowest BCUT2D eigenvalue weighted by molar-refractivity contribution is 0.230. The highest BCUT2D eigenvalue weighted by molar-refractivity contribution is 7.90. The molecule has 1 saturated heterocycles. The molecule has 2 aromatic heterocycles. The Morgan fingerprint density at radius 2 is 1.96 bits per heavy atom. The third-order valence-electron chi connectivity index (χ3n) is 4.88. The molecule has 1 aliphatic heterocycles. The van der Waals surface area contributed by atoms with Gasteiger partial charge in [0.15, 0.2) is 0 Å². The number of aromatic nitrogens is 3. The zero-order valence-electron chi connectivity index (χ0n) is 15.5. The lowest BCUT2D eigenvalue weighted by Crippen LogP contribution is -2.41. The molecule has 3 aromatic rings. The lowest BCUT2D eigenvalue weighted by atomic mass is 10.1. The Bertz CT molecular complexity index is 1020. The Morgan fingerprint density at radius 3 is 2.61 bits per heavy atom. The van der Waals surface area contributed by atoms with Crippen LogP contribution in [0.15, 0.2) is 30.5 Å². The van der Waals surface area contributed by atoms with Gasteiger partial charge in [0.2, 0.25) is 10.1 Å². The molecule has 0 spiro atoms. The second kappa shape index (κ2) is 7.76. The van der Waals surface area contributed by atoms with Crippen molar-refractivity contribution in [2.75, 3.05) is 37.0 Å². The van der Waals surface area contributed by atoms with Crippen LogP contribution in [-0.4, -0.2) is 65.6 Å². The number of nitrogens with zero attached hydrogens (tertiary/aromatic N) is 4. The molecule has 150 valence electrons. The largest absolute Gasteiger partial charge is 0.357 e. The van der Waals surface area contributed by atoms with Crippen molar-refractivity contribution in [3.05, 3.63) is 36.3 Å². The minimum atomic E-state index is -2.91. The van der Waals surface area contributed by atoms with Crippen LogP contribution in [0.4, 0.5) is 9.52 Å². The van der Waals surface area contributed by atoms with Crippen molar-refractivity contribution in [1.29, 1.82) is 0 Å². The van der Waals surface area contributed by atoms with Gasteiger partial charge >= 0.3 is 0 Å². The highest BCUT2D eigenvalue weighted by Crippen LogP contribution is 2.26. The minimum Gasteiger partial charge on any atom is -0.357 e. The van der Waals surface area contributed by atoms with Gasteiger partial charge in [-0.25, -0.2) is 22.3 Å². The molecule has 0 radical (unpaired) electrons. The third-order valence-corrected chi connectivity index (χ3v) is 6.65. The van der Waals surface area contributed by atoms with Crippen LogP contribution in [0.25, 0.3) is 16.2 Å². The highest BCUT2D eigenvalue weighted by atomic mass is 32.2. The molecule has 1 aromatic carbocycles. The quantitative estimate of drug-likeness (QED) is 0.656. The van der Waals surface area contributed by atoms with Crippen molar-refractivity contribution in [3.63, 3.8) is 0 Å². The first-order chi connectivity index (χ1) is 13.4. The fourth-order valence-corrected chi connectivity index (χ4v) is 4.74. The number of benzene rings is 1. The van der Waals surface area contributed by atoms with Gasteiger partial charge in [0.05, 0.1) is 17.6 Å². The van der Waals surface area contributed by atoms with Gasteiger partial charge in [0.1, 0.15) is 15.7 Å². The van der Waals surface area contributed by atoms with E-state index in [0.717, 1.165) is 47.3 Å². The van der Waals surface area contributed by atoms with Gasteiger partial charge in [-0.3, -0.25) is 0 Å². The number of halogens is 1. The van der Waals surface area contributed by atoms with Gasteiger partial charge in [-0.2, -0.15) is 0 Å². The number of likely N-dealkylation sites (tertiary alicyclic amines) is 1. The van der Waals surface area contributed by atoms with Crippen LogP contribution in [0.3, 0.4) is 0 Å². The number of piperidine rings is 1. The van der Waals surface area contributed by atoms with Gasteiger partial charge in [-0.05, 0) is 37.1 Å². The molecule has 0 saturated carbocycles. The molecule has 0 amide bonds. The summed E-state index contributed by atoms with van der Waals surface area (Å²) in [6, 6.07) is 6.58. The van der Waals surface area contributed by atoms with Gasteiger partial charge in [-0.15, -0.1) is 5.10 Å². The number of rotatable bonds is 6. The summed E-state index contributed by atoms with van der Waals surface area (Å²) in [5.41, 5.74) is 1.62. The summed E-state index contributed by atoms with van der Waals surface area (Å²) in [5.74, 6) is -0.0534. The Morgan fingerprint density at radius 1 is 1.25 bits per heavy atom. The van der Waals surface area contributed by atoms with Crippen LogP contribution in [0, 0.1) is 5.82 Å². The second-order valence-electron chi connectivity index (χ2n) is 7.16. The standard InChI is InChI=1S/C18H22FN5O2S2/c1-28(25,26)11-10-23-8-6-15(7-9-23)20-17-22-24-12-16(21-18(24)27-17)13-2-4-14(19)5-3-13/h2-5,12,15H,6-11H2,1H3,(H,20,22). The molecule has 0 bridgehead atoms. The molecule has 3 heterocycles. The Balaban J connectivity index is 1.34. The van der Waals surface area contributed by atoms with E-state index in [1.807, 2.05) is 6.20 Å². The molecule has 0 aliphatic carbocycles. The zero-order chi connectivity index (χ0) is 19.7. The Kier molecular flexibility index (Phi) is 5.35. The van der Waals surface area contributed by atoms with E-state index in [9.17, 15) is 12.8 Å². The predicted molar refractivity (Wildman–Crippen MR) is 109 cm³/mol. The van der Waals surface area contributed by atoms with E-state index in [4.69, 9.17) is 0 Å². The van der Waals surface area contributed by atoms with Crippen molar-refractivity contribution in [3.8, 4) is 11.3 Å². The van der Waals surface area contributed by atoms with Crippen LogP contribution in [0.2, 0.25) is 0 Å². The molecule has 4 rings (SSSR count). The van der Waals surface area contributed by atoms with Gasteiger partial charge in [0.25, 0.3) is 0 Å². The van der Waals surface area contributed by atoms with Crippen molar-refractivity contribution < 1.29 is 12.8 Å². The van der Waals surface area contributed by atoms with E-state index in [2.05, 4.69) is 20.3 Å². The van der Waals surface area contributed by atoms with Gasteiger partial charge in [0, 0.05) is 37.5 Å². The SMILES string of the molecule is CS(=O)(=O)CCN1CCC(Nc2nn3cc(-c4ccc(F)cc4)nc3s2)CC1. The third kappa shape index (κ3) is 4.68. The van der Waals surface area contributed by atoms with Gasteiger partial charge < -0.3 is 10.2 Å². The first kappa shape index (κ1) is 19.3. The van der Waals surface area contributed by atoms with Crippen molar-refractivity contribution in [2.24, 2.45) is 0 Å². The smallest absolute Gasteiger partial charge is 0.214 e. The lowest BCUT2D eigenvalue weighted by Gasteiger charge is -2.31. The molecule has 1 aliphatic rings. The maximum absolute atomic E-state index is 13.1. The van der Waals surface area contributed by atoms with Crippen LogP contribution in [-0.2, 0) is 9.84 Å². The van der Waals surface area contributed by atoms with Crippen molar-refractivity contribution >= 4 is 31.3 Å². The number of nitrogens with one attached hydrogen (secondary N) is 1.